The molecular formula is C4H7BF3K. The van der Waals surface area contributed by atoms with Crippen molar-refractivity contribution >= 4 is 6.98 Å². The van der Waals surface area contributed by atoms with Crippen molar-refractivity contribution in [2.24, 2.45) is 0 Å². The van der Waals surface area contributed by atoms with Gasteiger partial charge in [0, 0.05) is 0 Å². The van der Waals surface area contributed by atoms with E-state index in [-0.39, 0.29) is 51.4 Å². The smallest absolute Gasteiger partial charge is 0.449 e. The van der Waals surface area contributed by atoms with Crippen LogP contribution in [0.2, 0.25) is 5.82 Å². The third-order valence-electron chi connectivity index (χ3n) is 1.68. The van der Waals surface area contributed by atoms with E-state index in [1.54, 1.807) is 0 Å². The fourth-order valence-electron chi connectivity index (χ4n) is 0.818. The van der Waals surface area contributed by atoms with E-state index in [2.05, 4.69) is 0 Å². The van der Waals surface area contributed by atoms with Gasteiger partial charge >= 0.3 is 58.4 Å². The standard InChI is InChI=1S/C4H7BF3.K/c6-5(7,8)4-2-1-3-4;/h4H,1-3H2;/q-1;+1. The summed E-state index contributed by atoms with van der Waals surface area (Å²) in [5.41, 5.74) is 0. The van der Waals surface area contributed by atoms with E-state index in [1.165, 1.54) is 0 Å². The van der Waals surface area contributed by atoms with Crippen molar-refractivity contribution in [3.05, 3.63) is 0 Å². The first-order valence-corrected chi connectivity index (χ1v) is 2.80. The fraction of sp³-hybridized carbons (Fsp3) is 1.00. The third kappa shape index (κ3) is 2.93. The van der Waals surface area contributed by atoms with Crippen LogP contribution in [-0.4, -0.2) is 6.98 Å². The van der Waals surface area contributed by atoms with Crippen molar-refractivity contribution in [3.63, 3.8) is 0 Å². The molecule has 0 spiro atoms. The van der Waals surface area contributed by atoms with Crippen molar-refractivity contribution in [3.8, 4) is 0 Å². The van der Waals surface area contributed by atoms with Crippen LogP contribution in [0, 0.1) is 0 Å². The molecule has 5 heteroatoms. The van der Waals surface area contributed by atoms with Gasteiger partial charge in [0.2, 0.25) is 0 Å². The molecule has 0 aliphatic heterocycles. The van der Waals surface area contributed by atoms with E-state index >= 15 is 0 Å². The van der Waals surface area contributed by atoms with Gasteiger partial charge in [-0.15, -0.1) is 0 Å². The Labute approximate surface area is 95.1 Å². The van der Waals surface area contributed by atoms with Crippen molar-refractivity contribution in [1.82, 2.24) is 0 Å². The van der Waals surface area contributed by atoms with Crippen LogP contribution in [-0.2, 0) is 0 Å². The van der Waals surface area contributed by atoms with E-state index in [9.17, 15) is 12.9 Å². The molecule has 0 N–H and O–H groups in total. The van der Waals surface area contributed by atoms with E-state index in [0.29, 0.717) is 12.8 Å². The number of rotatable bonds is 1. The summed E-state index contributed by atoms with van der Waals surface area (Å²) < 4.78 is 34.7. The molecule has 1 saturated carbocycles. The Balaban J connectivity index is 0.000000640. The maximum atomic E-state index is 11.6. The van der Waals surface area contributed by atoms with Crippen molar-refractivity contribution < 1.29 is 64.3 Å². The molecule has 1 aliphatic carbocycles. The van der Waals surface area contributed by atoms with Gasteiger partial charge in [-0.1, -0.05) is 25.1 Å². The summed E-state index contributed by atoms with van der Waals surface area (Å²) in [5.74, 6) is -0.907. The van der Waals surface area contributed by atoms with Crippen LogP contribution < -0.4 is 51.4 Å². The zero-order chi connectivity index (χ0) is 6.20. The Hall–Kier alpha value is 1.49. The summed E-state index contributed by atoms with van der Waals surface area (Å²) in [6.45, 7) is -4.48. The molecule has 9 heavy (non-hydrogen) atoms. The monoisotopic (exact) mass is 162 g/mol. The van der Waals surface area contributed by atoms with Gasteiger partial charge in [-0.25, -0.2) is 0 Å². The maximum absolute atomic E-state index is 11.6. The van der Waals surface area contributed by atoms with Crippen LogP contribution >= 0.6 is 0 Å². The Bertz CT molecular complexity index is 88.3. The van der Waals surface area contributed by atoms with Crippen LogP contribution in [0.15, 0.2) is 0 Å². The molecule has 0 saturated heterocycles. The van der Waals surface area contributed by atoms with E-state index < -0.39 is 12.8 Å². The SMILES string of the molecule is F[B-](F)(F)C1CCC1.[K+]. The minimum absolute atomic E-state index is 0. The van der Waals surface area contributed by atoms with Gasteiger partial charge in [-0.05, 0) is 0 Å². The Morgan fingerprint density at radius 3 is 1.56 bits per heavy atom. The largest absolute Gasteiger partial charge is 1.00 e. The molecule has 48 valence electrons. The molecule has 0 aromatic rings. The predicted molar refractivity (Wildman–Crippen MR) is 26.7 cm³/mol. The molecule has 0 aromatic heterocycles. The van der Waals surface area contributed by atoms with Gasteiger partial charge in [0.25, 0.3) is 0 Å². The fourth-order valence-corrected chi connectivity index (χ4v) is 0.818. The Morgan fingerprint density at radius 1 is 1.11 bits per heavy atom. The molecule has 1 fully saturated rings. The summed E-state index contributed by atoms with van der Waals surface area (Å²) in [6, 6.07) is 0. The molecular weight excluding hydrogens is 155 g/mol. The maximum Gasteiger partial charge on any atom is 1.00 e. The van der Waals surface area contributed by atoms with Gasteiger partial charge < -0.3 is 12.9 Å². The van der Waals surface area contributed by atoms with Crippen molar-refractivity contribution in [2.45, 2.75) is 25.1 Å². The number of hydrogen-bond acceptors (Lipinski definition) is 0. The van der Waals surface area contributed by atoms with E-state index in [0.717, 1.165) is 6.42 Å². The van der Waals surface area contributed by atoms with E-state index in [4.69, 9.17) is 0 Å². The molecule has 1 aliphatic rings. The molecule has 0 amide bonds. The van der Waals surface area contributed by atoms with Crippen LogP contribution in [0.25, 0.3) is 0 Å². The number of halogens is 3. The van der Waals surface area contributed by atoms with Crippen LogP contribution in [0.1, 0.15) is 19.3 Å². The van der Waals surface area contributed by atoms with Gasteiger partial charge in [0.1, 0.15) is 0 Å². The zero-order valence-electron chi connectivity index (χ0n) is 5.41. The average molecular weight is 162 g/mol. The minimum Gasteiger partial charge on any atom is -0.449 e. The van der Waals surface area contributed by atoms with Gasteiger partial charge in [-0.2, -0.15) is 0 Å². The minimum atomic E-state index is -4.48. The normalized spacial score (nSPS) is 20.3. The molecule has 0 unspecified atom stereocenters. The van der Waals surface area contributed by atoms with Gasteiger partial charge in [0.05, 0.1) is 0 Å². The third-order valence-corrected chi connectivity index (χ3v) is 1.68. The molecule has 0 radical (unpaired) electrons. The number of hydrogen-bond donors (Lipinski definition) is 0. The molecule has 0 heterocycles. The van der Waals surface area contributed by atoms with Crippen LogP contribution in [0.5, 0.6) is 0 Å². The average Bonchev–Trinajstić information content (AvgIpc) is 1.16. The first-order valence-electron chi connectivity index (χ1n) is 2.80. The first-order chi connectivity index (χ1) is 3.61. The molecule has 0 aromatic carbocycles. The predicted octanol–water partition coefficient (Wildman–Crippen LogP) is -0.608. The second-order valence-electron chi connectivity index (χ2n) is 2.32. The van der Waals surface area contributed by atoms with Crippen LogP contribution in [0.3, 0.4) is 0 Å². The van der Waals surface area contributed by atoms with Crippen LogP contribution in [0.4, 0.5) is 12.9 Å². The second kappa shape index (κ2) is 3.76. The Kier molecular flexibility index (Phi) is 4.38. The van der Waals surface area contributed by atoms with E-state index in [1.807, 2.05) is 0 Å². The van der Waals surface area contributed by atoms with Crippen molar-refractivity contribution in [1.29, 1.82) is 0 Å². The van der Waals surface area contributed by atoms with Crippen molar-refractivity contribution in [2.75, 3.05) is 0 Å². The molecule has 1 rings (SSSR count). The summed E-state index contributed by atoms with van der Waals surface area (Å²) >= 11 is 0. The summed E-state index contributed by atoms with van der Waals surface area (Å²) in [5, 5.41) is 0. The molecule has 0 atom stereocenters. The van der Waals surface area contributed by atoms with Gasteiger partial charge in [-0.3, -0.25) is 0 Å². The molecule has 0 bridgehead atoms. The topological polar surface area (TPSA) is 0 Å². The first kappa shape index (κ1) is 10.5. The summed E-state index contributed by atoms with van der Waals surface area (Å²) in [7, 11) is 0. The van der Waals surface area contributed by atoms with Gasteiger partial charge in [0.15, 0.2) is 0 Å². The summed E-state index contributed by atoms with van der Waals surface area (Å²) in [6.07, 6.45) is 1.53. The zero-order valence-corrected chi connectivity index (χ0v) is 8.53. The molecule has 0 nitrogen and oxygen atoms in total. The summed E-state index contributed by atoms with van der Waals surface area (Å²) in [4.78, 5) is 0. The quantitative estimate of drug-likeness (QED) is 0.451. The second-order valence-corrected chi connectivity index (χ2v) is 2.32. The Morgan fingerprint density at radius 2 is 1.56 bits per heavy atom.